The molecule has 1 aliphatic heterocycles. The summed E-state index contributed by atoms with van der Waals surface area (Å²) in [6, 6.07) is -0.970. The van der Waals surface area contributed by atoms with Gasteiger partial charge in [0.25, 0.3) is 0 Å². The van der Waals surface area contributed by atoms with E-state index in [1.165, 1.54) is 19.3 Å². The Labute approximate surface area is 119 Å². The fraction of sp³-hybridized carbons (Fsp3) is 1.00. The molecule has 20 heavy (non-hydrogen) atoms. The molecule has 0 aromatic heterocycles. The monoisotopic (exact) mass is 286 g/mol. The molecule has 3 N–H and O–H groups in total. The molecular weight excluding hydrogens is 260 g/mol. The molecule has 1 saturated heterocycles. The van der Waals surface area contributed by atoms with Crippen LogP contribution in [0.25, 0.3) is 0 Å². The number of unbranched alkanes of at least 4 members (excludes halogenated alkanes) is 4. The summed E-state index contributed by atoms with van der Waals surface area (Å²) >= 11 is 0. The van der Waals surface area contributed by atoms with Gasteiger partial charge in [0.15, 0.2) is 0 Å². The molecule has 0 amide bonds. The Morgan fingerprint density at radius 1 is 1.25 bits per heavy atom. The Bertz CT molecular complexity index is 341. The van der Waals surface area contributed by atoms with Crippen LogP contribution in [0.4, 0.5) is 0 Å². The van der Waals surface area contributed by atoms with Crippen molar-refractivity contribution in [2.45, 2.75) is 63.3 Å². The molecule has 0 aromatic carbocycles. The highest BCUT2D eigenvalue weighted by molar-refractivity contribution is 5.23. The lowest BCUT2D eigenvalue weighted by Crippen LogP contribution is -2.73. The van der Waals surface area contributed by atoms with Gasteiger partial charge in [0.1, 0.15) is 6.04 Å². The topological polar surface area (TPSA) is 93.4 Å². The van der Waals surface area contributed by atoms with Gasteiger partial charge in [0.05, 0.1) is 30.3 Å². The maximum atomic E-state index is 11.0. The van der Waals surface area contributed by atoms with Gasteiger partial charge < -0.3 is 15.3 Å². The SMILES string of the molecule is CCCCCCCN1CC(N=O)C2(CO)C(O)C(O)C12. The lowest BCUT2D eigenvalue weighted by molar-refractivity contribution is -0.214. The Balaban J connectivity index is 1.94. The molecule has 2 aliphatic rings. The molecule has 0 spiro atoms. The van der Waals surface area contributed by atoms with E-state index in [9.17, 15) is 20.2 Å². The van der Waals surface area contributed by atoms with E-state index in [1.807, 2.05) is 4.90 Å². The van der Waals surface area contributed by atoms with Crippen molar-refractivity contribution in [2.24, 2.45) is 10.6 Å². The Hall–Kier alpha value is -0.560. The van der Waals surface area contributed by atoms with Crippen molar-refractivity contribution in [3.8, 4) is 0 Å². The number of hydrogen-bond donors (Lipinski definition) is 3. The first-order valence-corrected chi connectivity index (χ1v) is 7.67. The minimum atomic E-state index is -1.05. The molecule has 116 valence electrons. The number of hydrogen-bond acceptors (Lipinski definition) is 6. The highest BCUT2D eigenvalue weighted by atomic mass is 16.3. The Morgan fingerprint density at radius 3 is 2.55 bits per heavy atom. The zero-order valence-electron chi connectivity index (χ0n) is 12.1. The van der Waals surface area contributed by atoms with Crippen molar-refractivity contribution in [1.29, 1.82) is 0 Å². The van der Waals surface area contributed by atoms with Crippen LogP contribution < -0.4 is 0 Å². The number of nitroso groups, excluding NO2 is 1. The van der Waals surface area contributed by atoms with Gasteiger partial charge in [-0.2, -0.15) is 4.91 Å². The number of aliphatic hydroxyl groups is 3. The van der Waals surface area contributed by atoms with Crippen LogP contribution in [0.3, 0.4) is 0 Å². The van der Waals surface area contributed by atoms with Crippen LogP contribution in [0.2, 0.25) is 0 Å². The minimum absolute atomic E-state index is 0.307. The summed E-state index contributed by atoms with van der Waals surface area (Å²) in [5, 5.41) is 32.6. The summed E-state index contributed by atoms with van der Waals surface area (Å²) in [5.74, 6) is 0. The summed E-state index contributed by atoms with van der Waals surface area (Å²) in [6.45, 7) is 3.07. The van der Waals surface area contributed by atoms with Crippen LogP contribution >= 0.6 is 0 Å². The standard InChI is InChI=1S/C14H26N2O4/c1-2-3-4-5-6-7-16-8-10(15-20)14(9-17)12(16)11(18)13(14)19/h10-13,17-19H,2-9H2,1H3. The Kier molecular flexibility index (Phi) is 5.12. The van der Waals surface area contributed by atoms with Crippen molar-refractivity contribution < 1.29 is 15.3 Å². The molecule has 1 aliphatic carbocycles. The first-order chi connectivity index (χ1) is 9.63. The van der Waals surface area contributed by atoms with E-state index in [0.29, 0.717) is 6.54 Å². The number of rotatable bonds is 8. The minimum Gasteiger partial charge on any atom is -0.396 e. The van der Waals surface area contributed by atoms with E-state index in [2.05, 4.69) is 12.1 Å². The fourth-order valence-corrected chi connectivity index (χ4v) is 3.89. The fourth-order valence-electron chi connectivity index (χ4n) is 3.89. The third kappa shape index (κ3) is 2.28. The first-order valence-electron chi connectivity index (χ1n) is 7.67. The zero-order chi connectivity index (χ0) is 14.8. The number of fused-ring (bicyclic) bond motifs is 1. The van der Waals surface area contributed by atoms with Crippen LogP contribution in [-0.2, 0) is 0 Å². The highest BCUT2D eigenvalue weighted by Gasteiger charge is 2.71. The molecule has 1 saturated carbocycles. The Morgan fingerprint density at radius 2 is 1.95 bits per heavy atom. The van der Waals surface area contributed by atoms with Crippen LogP contribution in [0.15, 0.2) is 5.18 Å². The smallest absolute Gasteiger partial charge is 0.117 e. The summed E-state index contributed by atoms with van der Waals surface area (Å²) < 4.78 is 0. The third-order valence-corrected chi connectivity index (χ3v) is 5.12. The van der Waals surface area contributed by atoms with Crippen LogP contribution in [0, 0.1) is 10.3 Å². The van der Waals surface area contributed by atoms with Gasteiger partial charge >= 0.3 is 0 Å². The normalized spacial score (nSPS) is 40.4. The number of likely N-dealkylation sites (tertiary alicyclic amines) is 1. The van der Waals surface area contributed by atoms with E-state index in [-0.39, 0.29) is 12.6 Å². The van der Waals surface area contributed by atoms with Gasteiger partial charge in [-0.15, -0.1) is 0 Å². The molecular formula is C14H26N2O4. The van der Waals surface area contributed by atoms with Crippen molar-refractivity contribution in [3.63, 3.8) is 0 Å². The van der Waals surface area contributed by atoms with Gasteiger partial charge in [-0.3, -0.25) is 4.90 Å². The molecule has 6 heteroatoms. The van der Waals surface area contributed by atoms with E-state index in [1.54, 1.807) is 0 Å². The van der Waals surface area contributed by atoms with Crippen LogP contribution in [0.5, 0.6) is 0 Å². The molecule has 6 nitrogen and oxygen atoms in total. The second kappa shape index (κ2) is 6.47. The van der Waals surface area contributed by atoms with Gasteiger partial charge in [-0.05, 0) is 13.0 Å². The van der Waals surface area contributed by atoms with Crippen molar-refractivity contribution in [1.82, 2.24) is 4.90 Å². The molecule has 2 fully saturated rings. The lowest BCUT2D eigenvalue weighted by Gasteiger charge is -2.54. The summed E-state index contributed by atoms with van der Waals surface area (Å²) in [5.41, 5.74) is -0.954. The first kappa shape index (κ1) is 15.8. The van der Waals surface area contributed by atoms with Crippen molar-refractivity contribution in [2.75, 3.05) is 19.7 Å². The van der Waals surface area contributed by atoms with E-state index >= 15 is 0 Å². The molecule has 0 radical (unpaired) electrons. The average molecular weight is 286 g/mol. The summed E-state index contributed by atoms with van der Waals surface area (Å²) in [4.78, 5) is 13.0. The third-order valence-electron chi connectivity index (χ3n) is 5.12. The molecule has 0 bridgehead atoms. The quantitative estimate of drug-likeness (QED) is 0.446. The maximum Gasteiger partial charge on any atom is 0.117 e. The maximum absolute atomic E-state index is 11.0. The van der Waals surface area contributed by atoms with Crippen molar-refractivity contribution in [3.05, 3.63) is 4.91 Å². The largest absolute Gasteiger partial charge is 0.396 e. The predicted molar refractivity (Wildman–Crippen MR) is 75.2 cm³/mol. The second-order valence-corrected chi connectivity index (χ2v) is 6.18. The highest BCUT2D eigenvalue weighted by Crippen LogP contribution is 2.52. The summed E-state index contributed by atoms with van der Waals surface area (Å²) in [6.07, 6.45) is 3.81. The predicted octanol–water partition coefficient (Wildman–Crippen LogP) is 0.490. The second-order valence-electron chi connectivity index (χ2n) is 6.18. The van der Waals surface area contributed by atoms with Gasteiger partial charge in [0, 0.05) is 6.54 Å². The van der Waals surface area contributed by atoms with E-state index in [0.717, 1.165) is 19.4 Å². The molecule has 5 atom stereocenters. The van der Waals surface area contributed by atoms with Crippen molar-refractivity contribution >= 4 is 0 Å². The van der Waals surface area contributed by atoms with Crippen LogP contribution in [0.1, 0.15) is 39.0 Å². The molecule has 0 aromatic rings. The lowest BCUT2D eigenvalue weighted by atomic mass is 9.58. The number of aliphatic hydroxyl groups excluding tert-OH is 3. The van der Waals surface area contributed by atoms with Gasteiger partial charge in [0.2, 0.25) is 0 Å². The summed E-state index contributed by atoms with van der Waals surface area (Å²) in [7, 11) is 0. The zero-order valence-corrected chi connectivity index (χ0v) is 12.1. The van der Waals surface area contributed by atoms with Gasteiger partial charge in [-0.25, -0.2) is 0 Å². The average Bonchev–Trinajstić information content (AvgIpc) is 2.77. The van der Waals surface area contributed by atoms with E-state index < -0.39 is 23.7 Å². The number of nitrogens with zero attached hydrogens (tertiary/aromatic N) is 2. The van der Waals surface area contributed by atoms with Gasteiger partial charge in [-0.1, -0.05) is 37.8 Å². The molecule has 5 unspecified atom stereocenters. The van der Waals surface area contributed by atoms with E-state index in [4.69, 9.17) is 0 Å². The molecule has 1 heterocycles. The molecule has 2 rings (SSSR count). The van der Waals surface area contributed by atoms with Crippen LogP contribution in [-0.4, -0.2) is 64.2 Å².